The van der Waals surface area contributed by atoms with Crippen molar-refractivity contribution in [1.29, 1.82) is 0 Å². The quantitative estimate of drug-likeness (QED) is 0.626. The second-order valence-electron chi connectivity index (χ2n) is 4.10. The van der Waals surface area contributed by atoms with Gasteiger partial charge in [0.2, 0.25) is 0 Å². The number of hydrogen-bond acceptors (Lipinski definition) is 2. The topological polar surface area (TPSA) is 25.8 Å². The molecular formula is C15H12N2. The smallest absolute Gasteiger partial charge is 0.0709 e. The molecule has 3 aromatic rings. The number of para-hydroxylation sites is 1. The normalized spacial score (nSPS) is 10.6. The van der Waals surface area contributed by atoms with Gasteiger partial charge >= 0.3 is 0 Å². The predicted octanol–water partition coefficient (Wildman–Crippen LogP) is 3.61. The zero-order valence-electron chi connectivity index (χ0n) is 9.59. The lowest BCUT2D eigenvalue weighted by molar-refractivity contribution is 1.27. The largest absolute Gasteiger partial charge is 0.256 e. The molecule has 0 amide bonds. The van der Waals surface area contributed by atoms with Crippen LogP contribution in [0.1, 0.15) is 5.56 Å². The van der Waals surface area contributed by atoms with Crippen molar-refractivity contribution < 1.29 is 0 Å². The summed E-state index contributed by atoms with van der Waals surface area (Å²) in [6.45, 7) is 2.04. The molecule has 0 aliphatic carbocycles. The molecule has 0 atom stereocenters. The van der Waals surface area contributed by atoms with Crippen molar-refractivity contribution in [2.24, 2.45) is 0 Å². The molecule has 0 fully saturated rings. The van der Waals surface area contributed by atoms with E-state index in [1.165, 1.54) is 5.56 Å². The van der Waals surface area contributed by atoms with Crippen LogP contribution in [0.2, 0.25) is 0 Å². The Labute approximate surface area is 100.0 Å². The van der Waals surface area contributed by atoms with Crippen LogP contribution in [-0.2, 0) is 0 Å². The van der Waals surface area contributed by atoms with Crippen molar-refractivity contribution in [2.45, 2.75) is 6.92 Å². The Morgan fingerprint density at radius 2 is 1.76 bits per heavy atom. The van der Waals surface area contributed by atoms with Crippen LogP contribution >= 0.6 is 0 Å². The van der Waals surface area contributed by atoms with Crippen molar-refractivity contribution in [3.05, 3.63) is 60.4 Å². The Bertz CT molecular complexity index is 652. The highest BCUT2D eigenvalue weighted by molar-refractivity contribution is 5.93. The maximum absolute atomic E-state index is 4.47. The summed E-state index contributed by atoms with van der Waals surface area (Å²) in [7, 11) is 0. The molecule has 2 nitrogen and oxygen atoms in total. The Balaban J connectivity index is 2.27. The van der Waals surface area contributed by atoms with Gasteiger partial charge in [0.05, 0.1) is 11.2 Å². The maximum atomic E-state index is 4.47. The summed E-state index contributed by atoms with van der Waals surface area (Å²) in [5.74, 6) is 0. The minimum atomic E-state index is 0.995. The minimum Gasteiger partial charge on any atom is -0.256 e. The average Bonchev–Trinajstić information content (AvgIpc) is 2.39. The van der Waals surface area contributed by atoms with E-state index < -0.39 is 0 Å². The van der Waals surface area contributed by atoms with E-state index in [0.29, 0.717) is 0 Å². The van der Waals surface area contributed by atoms with Gasteiger partial charge in [-0.25, -0.2) is 0 Å². The lowest BCUT2D eigenvalue weighted by Gasteiger charge is -2.05. The van der Waals surface area contributed by atoms with E-state index in [2.05, 4.69) is 28.2 Å². The monoisotopic (exact) mass is 220 g/mol. The van der Waals surface area contributed by atoms with Gasteiger partial charge in [-0.15, -0.1) is 0 Å². The molecule has 82 valence electrons. The van der Waals surface area contributed by atoms with E-state index in [9.17, 15) is 0 Å². The van der Waals surface area contributed by atoms with E-state index in [4.69, 9.17) is 0 Å². The van der Waals surface area contributed by atoms with Gasteiger partial charge < -0.3 is 0 Å². The van der Waals surface area contributed by atoms with Gasteiger partial charge in [0, 0.05) is 23.3 Å². The van der Waals surface area contributed by atoms with Gasteiger partial charge in [0.1, 0.15) is 0 Å². The summed E-state index contributed by atoms with van der Waals surface area (Å²) in [4.78, 5) is 8.83. The molecule has 0 aliphatic rings. The fourth-order valence-electron chi connectivity index (χ4n) is 1.95. The first kappa shape index (κ1) is 9.97. The molecule has 2 heteroatoms. The first-order valence-corrected chi connectivity index (χ1v) is 5.61. The first-order valence-electron chi connectivity index (χ1n) is 5.61. The number of benzene rings is 1. The molecule has 2 heterocycles. The summed E-state index contributed by atoms with van der Waals surface area (Å²) in [5.41, 5.74) is 4.31. The highest BCUT2D eigenvalue weighted by Gasteiger charge is 2.04. The van der Waals surface area contributed by atoms with Crippen molar-refractivity contribution >= 4 is 10.9 Å². The molecule has 1 aromatic carbocycles. The second-order valence-corrected chi connectivity index (χ2v) is 4.10. The Morgan fingerprint density at radius 1 is 0.882 bits per heavy atom. The number of hydrogen-bond donors (Lipinski definition) is 0. The van der Waals surface area contributed by atoms with E-state index >= 15 is 0 Å². The number of aromatic nitrogens is 2. The van der Waals surface area contributed by atoms with Crippen molar-refractivity contribution in [3.8, 4) is 11.3 Å². The molecule has 0 unspecified atom stereocenters. The molecule has 0 aliphatic heterocycles. The van der Waals surface area contributed by atoms with E-state index in [1.807, 2.05) is 43.6 Å². The third kappa shape index (κ3) is 1.78. The molecular weight excluding hydrogens is 208 g/mol. The summed E-state index contributed by atoms with van der Waals surface area (Å²) >= 11 is 0. The summed E-state index contributed by atoms with van der Waals surface area (Å²) < 4.78 is 0. The van der Waals surface area contributed by atoms with Crippen LogP contribution in [0, 0.1) is 6.92 Å². The maximum Gasteiger partial charge on any atom is 0.0709 e. The Kier molecular flexibility index (Phi) is 2.33. The minimum absolute atomic E-state index is 0.995. The van der Waals surface area contributed by atoms with Crippen molar-refractivity contribution in [3.63, 3.8) is 0 Å². The van der Waals surface area contributed by atoms with Crippen LogP contribution in [0.25, 0.3) is 22.2 Å². The Morgan fingerprint density at radius 3 is 2.59 bits per heavy atom. The standard InChI is InChI=1S/C15H12N2/c1-11-6-7-15(17-10-11)13-8-9-16-14-5-3-2-4-12(13)14/h2-10H,1H3. The molecule has 3 rings (SSSR count). The molecule has 0 saturated carbocycles. The summed E-state index contributed by atoms with van der Waals surface area (Å²) in [6.07, 6.45) is 3.73. The zero-order valence-corrected chi connectivity index (χ0v) is 9.59. The summed E-state index contributed by atoms with van der Waals surface area (Å²) in [5, 5.41) is 1.14. The molecule has 2 aromatic heterocycles. The van der Waals surface area contributed by atoms with Crippen LogP contribution in [0.4, 0.5) is 0 Å². The Hall–Kier alpha value is -2.22. The molecule has 0 spiro atoms. The zero-order chi connectivity index (χ0) is 11.7. The lowest BCUT2D eigenvalue weighted by Crippen LogP contribution is -1.87. The van der Waals surface area contributed by atoms with Gasteiger partial charge in [0.15, 0.2) is 0 Å². The van der Waals surface area contributed by atoms with Gasteiger partial charge in [-0.05, 0) is 30.7 Å². The van der Waals surface area contributed by atoms with Crippen LogP contribution in [0.5, 0.6) is 0 Å². The van der Waals surface area contributed by atoms with E-state index in [-0.39, 0.29) is 0 Å². The number of fused-ring (bicyclic) bond motifs is 1. The first-order chi connectivity index (χ1) is 8.34. The third-order valence-electron chi connectivity index (χ3n) is 2.84. The van der Waals surface area contributed by atoms with Gasteiger partial charge in [-0.3, -0.25) is 9.97 Å². The number of aryl methyl sites for hydroxylation is 1. The molecule has 0 saturated heterocycles. The highest BCUT2D eigenvalue weighted by atomic mass is 14.7. The average molecular weight is 220 g/mol. The van der Waals surface area contributed by atoms with E-state index in [1.54, 1.807) is 0 Å². The van der Waals surface area contributed by atoms with Crippen molar-refractivity contribution in [1.82, 2.24) is 9.97 Å². The van der Waals surface area contributed by atoms with Crippen LogP contribution in [-0.4, -0.2) is 9.97 Å². The summed E-state index contributed by atoms with van der Waals surface area (Å²) in [6, 6.07) is 14.3. The van der Waals surface area contributed by atoms with Crippen molar-refractivity contribution in [2.75, 3.05) is 0 Å². The molecule has 0 N–H and O–H groups in total. The second kappa shape index (κ2) is 3.98. The molecule has 17 heavy (non-hydrogen) atoms. The van der Waals surface area contributed by atoms with Gasteiger partial charge in [-0.2, -0.15) is 0 Å². The predicted molar refractivity (Wildman–Crippen MR) is 69.7 cm³/mol. The van der Waals surface area contributed by atoms with Crippen LogP contribution in [0.3, 0.4) is 0 Å². The number of nitrogens with zero attached hydrogens (tertiary/aromatic N) is 2. The molecule has 0 bridgehead atoms. The fraction of sp³-hybridized carbons (Fsp3) is 0.0667. The number of pyridine rings is 2. The SMILES string of the molecule is Cc1ccc(-c2ccnc3ccccc23)nc1. The highest BCUT2D eigenvalue weighted by Crippen LogP contribution is 2.25. The van der Waals surface area contributed by atoms with Crippen LogP contribution < -0.4 is 0 Å². The lowest BCUT2D eigenvalue weighted by atomic mass is 10.1. The number of rotatable bonds is 1. The fourth-order valence-corrected chi connectivity index (χ4v) is 1.95. The third-order valence-corrected chi connectivity index (χ3v) is 2.84. The van der Waals surface area contributed by atoms with Gasteiger partial charge in [-0.1, -0.05) is 24.3 Å². The molecule has 0 radical (unpaired) electrons. The van der Waals surface area contributed by atoms with Gasteiger partial charge in [0.25, 0.3) is 0 Å². The van der Waals surface area contributed by atoms with Crippen LogP contribution in [0.15, 0.2) is 54.9 Å². The van der Waals surface area contributed by atoms with E-state index in [0.717, 1.165) is 22.2 Å².